The molecule has 0 radical (unpaired) electrons. The van der Waals surface area contributed by atoms with E-state index in [0.29, 0.717) is 0 Å². The number of benzene rings is 6. The Bertz CT molecular complexity index is 1380. The van der Waals surface area contributed by atoms with Crippen LogP contribution in [0.25, 0.3) is 43.4 Å². The summed E-state index contributed by atoms with van der Waals surface area (Å²) in [5.74, 6) is 1.70. The van der Waals surface area contributed by atoms with Gasteiger partial charge in [-0.3, -0.25) is 0 Å². The first-order valence-corrected chi connectivity index (χ1v) is 9.86. The smallest absolute Gasteiger partial charge is 0.127 e. The number of para-hydroxylation sites is 1. The molecule has 0 atom stereocenters. The van der Waals surface area contributed by atoms with E-state index in [0.717, 1.165) is 11.5 Å². The van der Waals surface area contributed by atoms with Gasteiger partial charge in [0.15, 0.2) is 0 Å². The molecule has 6 aromatic carbocycles. The quantitative estimate of drug-likeness (QED) is 0.286. The van der Waals surface area contributed by atoms with Crippen molar-refractivity contribution in [1.29, 1.82) is 0 Å². The van der Waals surface area contributed by atoms with Gasteiger partial charge in [-0.25, -0.2) is 0 Å². The zero-order chi connectivity index (χ0) is 19.2. The van der Waals surface area contributed by atoms with Gasteiger partial charge in [0.05, 0.1) is 0 Å². The van der Waals surface area contributed by atoms with Crippen molar-refractivity contribution < 1.29 is 4.74 Å². The summed E-state index contributed by atoms with van der Waals surface area (Å²) < 4.78 is 5.93. The maximum Gasteiger partial charge on any atom is 0.127 e. The first-order valence-electron chi connectivity index (χ1n) is 9.86. The molecule has 136 valence electrons. The van der Waals surface area contributed by atoms with Crippen LogP contribution in [0.2, 0.25) is 0 Å². The predicted octanol–water partition coefficient (Wildman–Crippen LogP) is 8.04. The van der Waals surface area contributed by atoms with Gasteiger partial charge in [-0.2, -0.15) is 0 Å². The van der Waals surface area contributed by atoms with Crippen molar-refractivity contribution in [2.45, 2.75) is 0 Å². The second-order valence-electron chi connectivity index (χ2n) is 7.45. The first kappa shape index (κ1) is 16.1. The van der Waals surface area contributed by atoms with Gasteiger partial charge in [0, 0.05) is 0 Å². The molecule has 0 aromatic heterocycles. The highest BCUT2D eigenvalue weighted by atomic mass is 16.5. The molecule has 1 heteroatoms. The van der Waals surface area contributed by atoms with Crippen LogP contribution < -0.4 is 4.74 Å². The molecule has 0 bridgehead atoms. The lowest BCUT2D eigenvalue weighted by molar-refractivity contribution is 0.483. The van der Waals surface area contributed by atoms with Gasteiger partial charge in [0.1, 0.15) is 11.5 Å². The number of ether oxygens (including phenoxy) is 1. The molecule has 0 spiro atoms. The summed E-state index contributed by atoms with van der Waals surface area (Å²) in [5, 5.41) is 7.89. The van der Waals surface area contributed by atoms with Crippen molar-refractivity contribution >= 4 is 32.3 Å². The summed E-state index contributed by atoms with van der Waals surface area (Å²) in [6.07, 6.45) is 0. The van der Waals surface area contributed by atoms with Gasteiger partial charge < -0.3 is 4.74 Å². The molecule has 29 heavy (non-hydrogen) atoms. The van der Waals surface area contributed by atoms with Gasteiger partial charge in [-0.05, 0) is 79.8 Å². The Hall–Kier alpha value is -3.84. The summed E-state index contributed by atoms with van der Waals surface area (Å²) >= 11 is 0. The van der Waals surface area contributed by atoms with Gasteiger partial charge >= 0.3 is 0 Å². The summed E-state index contributed by atoms with van der Waals surface area (Å²) in [5.41, 5.74) is 2.41. The Kier molecular flexibility index (Phi) is 3.54. The molecular formula is C28H18O. The number of hydrogen-bond acceptors (Lipinski definition) is 1. The average molecular weight is 370 g/mol. The Balaban J connectivity index is 1.44. The minimum absolute atomic E-state index is 0.845. The predicted molar refractivity (Wildman–Crippen MR) is 122 cm³/mol. The van der Waals surface area contributed by atoms with E-state index in [1.807, 2.05) is 42.5 Å². The summed E-state index contributed by atoms with van der Waals surface area (Å²) in [6, 6.07) is 38.2. The van der Waals surface area contributed by atoms with Gasteiger partial charge in [0.25, 0.3) is 0 Å². The monoisotopic (exact) mass is 370 g/mol. The van der Waals surface area contributed by atoms with E-state index >= 15 is 0 Å². The van der Waals surface area contributed by atoms with Crippen LogP contribution in [0.5, 0.6) is 11.5 Å². The lowest BCUT2D eigenvalue weighted by Crippen LogP contribution is -1.87. The van der Waals surface area contributed by atoms with Crippen molar-refractivity contribution in [3.05, 3.63) is 109 Å². The van der Waals surface area contributed by atoms with E-state index < -0.39 is 0 Å². The van der Waals surface area contributed by atoms with E-state index in [2.05, 4.69) is 66.7 Å². The molecule has 0 aliphatic rings. The van der Waals surface area contributed by atoms with Crippen LogP contribution in [0.1, 0.15) is 0 Å². The highest BCUT2D eigenvalue weighted by Crippen LogP contribution is 2.37. The topological polar surface area (TPSA) is 9.23 Å². The Labute approximate surface area is 169 Å². The molecule has 6 aromatic rings. The Morgan fingerprint density at radius 3 is 1.59 bits per heavy atom. The molecule has 6 rings (SSSR count). The van der Waals surface area contributed by atoms with Crippen molar-refractivity contribution in [2.75, 3.05) is 0 Å². The zero-order valence-corrected chi connectivity index (χ0v) is 15.8. The zero-order valence-electron chi connectivity index (χ0n) is 15.8. The fourth-order valence-electron chi connectivity index (χ4n) is 4.26. The summed E-state index contributed by atoms with van der Waals surface area (Å²) in [4.78, 5) is 0. The van der Waals surface area contributed by atoms with Crippen LogP contribution >= 0.6 is 0 Å². The molecule has 0 aliphatic heterocycles. The van der Waals surface area contributed by atoms with Gasteiger partial charge in [-0.1, -0.05) is 72.8 Å². The maximum atomic E-state index is 5.93. The van der Waals surface area contributed by atoms with E-state index in [9.17, 15) is 0 Å². The molecule has 0 unspecified atom stereocenters. The third-order valence-corrected chi connectivity index (χ3v) is 5.63. The largest absolute Gasteiger partial charge is 0.457 e. The molecule has 0 fully saturated rings. The van der Waals surface area contributed by atoms with Crippen molar-refractivity contribution in [3.8, 4) is 22.6 Å². The standard InChI is InChI=1S/C28H18O/c1-2-7-25(8-3-1)29-26-15-13-19(14-16-26)24-17-22-11-9-20-5-4-6-21-10-12-23(18-24)28(22)27(20)21/h1-18H. The summed E-state index contributed by atoms with van der Waals surface area (Å²) in [6.45, 7) is 0. The average Bonchev–Trinajstić information content (AvgIpc) is 2.78. The van der Waals surface area contributed by atoms with Crippen molar-refractivity contribution in [1.82, 2.24) is 0 Å². The van der Waals surface area contributed by atoms with E-state index in [-0.39, 0.29) is 0 Å². The molecule has 0 heterocycles. The molecule has 0 N–H and O–H groups in total. The van der Waals surface area contributed by atoms with Crippen LogP contribution in [0.3, 0.4) is 0 Å². The molecule has 0 saturated heterocycles. The fraction of sp³-hybridized carbons (Fsp3) is 0. The van der Waals surface area contributed by atoms with Crippen LogP contribution in [-0.2, 0) is 0 Å². The second kappa shape index (κ2) is 6.35. The lowest BCUT2D eigenvalue weighted by atomic mass is 9.91. The molecular weight excluding hydrogens is 352 g/mol. The van der Waals surface area contributed by atoms with Gasteiger partial charge in [0.2, 0.25) is 0 Å². The Morgan fingerprint density at radius 2 is 0.931 bits per heavy atom. The lowest BCUT2D eigenvalue weighted by Gasteiger charge is -2.13. The highest BCUT2D eigenvalue weighted by Gasteiger charge is 2.10. The van der Waals surface area contributed by atoms with Crippen LogP contribution in [0.15, 0.2) is 109 Å². The Morgan fingerprint density at radius 1 is 0.379 bits per heavy atom. The minimum Gasteiger partial charge on any atom is -0.457 e. The maximum absolute atomic E-state index is 5.93. The van der Waals surface area contributed by atoms with E-state index in [1.54, 1.807) is 0 Å². The molecule has 0 amide bonds. The number of hydrogen-bond donors (Lipinski definition) is 0. The number of rotatable bonds is 3. The fourth-order valence-corrected chi connectivity index (χ4v) is 4.26. The van der Waals surface area contributed by atoms with Gasteiger partial charge in [-0.15, -0.1) is 0 Å². The van der Waals surface area contributed by atoms with Crippen molar-refractivity contribution in [3.63, 3.8) is 0 Å². The van der Waals surface area contributed by atoms with Crippen LogP contribution in [0.4, 0.5) is 0 Å². The summed E-state index contributed by atoms with van der Waals surface area (Å²) in [7, 11) is 0. The first-order chi connectivity index (χ1) is 14.3. The second-order valence-corrected chi connectivity index (χ2v) is 7.45. The third kappa shape index (κ3) is 2.71. The van der Waals surface area contributed by atoms with Crippen LogP contribution in [-0.4, -0.2) is 0 Å². The van der Waals surface area contributed by atoms with Crippen molar-refractivity contribution in [2.24, 2.45) is 0 Å². The molecule has 0 aliphatic carbocycles. The van der Waals surface area contributed by atoms with E-state index in [4.69, 9.17) is 4.74 Å². The minimum atomic E-state index is 0.845. The normalized spacial score (nSPS) is 11.4. The third-order valence-electron chi connectivity index (χ3n) is 5.63. The highest BCUT2D eigenvalue weighted by molar-refractivity contribution is 6.23. The SMILES string of the molecule is c1ccc(Oc2ccc(-c3cc4ccc5cccc6ccc(c3)c4c56)cc2)cc1. The molecule has 0 saturated carbocycles. The van der Waals surface area contributed by atoms with Crippen LogP contribution in [0, 0.1) is 0 Å². The van der Waals surface area contributed by atoms with E-state index in [1.165, 1.54) is 43.4 Å². The molecule has 1 nitrogen and oxygen atoms in total.